The van der Waals surface area contributed by atoms with Crippen LogP contribution in [0.5, 0.6) is 0 Å². The van der Waals surface area contributed by atoms with Crippen LogP contribution in [0.15, 0.2) is 0 Å². The molecule has 5 aliphatic carbocycles. The van der Waals surface area contributed by atoms with Gasteiger partial charge in [0.2, 0.25) is 0 Å². The molecule has 1 heterocycles. The summed E-state index contributed by atoms with van der Waals surface area (Å²) < 4.78 is 6.98. The molecule has 2 bridgehead atoms. The van der Waals surface area contributed by atoms with Gasteiger partial charge in [-0.25, -0.2) is 0 Å². The van der Waals surface area contributed by atoms with E-state index in [1.807, 2.05) is 0 Å². The second kappa shape index (κ2) is 6.51. The minimum absolute atomic E-state index is 0.00699. The first-order chi connectivity index (χ1) is 15.6. The molecule has 1 aliphatic heterocycles. The predicted molar refractivity (Wildman–Crippen MR) is 132 cm³/mol. The average Bonchev–Trinajstić information content (AvgIpc) is 2.94. The SMILES string of the molecule is CC1(C)CCC2(C)CCC3(C)C45CCC6C(C)(C)C(O)CCC6(C)C4C(O)C(=O)C3(OC5)C2C1. The standard InChI is InChI=1S/C30H48O4/c1-24(2)12-13-26(5)14-15-28(7)29-11-8-18-25(3,4)20(31)9-10-27(18,6)22(29)21(32)23(33)30(28,34-17-29)19(26)16-24/h18-22,31-32H,8-17H2,1-7H3. The minimum Gasteiger partial charge on any atom is -0.393 e. The topological polar surface area (TPSA) is 66.8 Å². The Morgan fingerprint density at radius 2 is 1.50 bits per heavy atom. The summed E-state index contributed by atoms with van der Waals surface area (Å²) >= 11 is 0. The van der Waals surface area contributed by atoms with Crippen molar-refractivity contribution in [1.82, 2.24) is 0 Å². The van der Waals surface area contributed by atoms with E-state index < -0.39 is 11.7 Å². The van der Waals surface area contributed by atoms with Gasteiger partial charge in [-0.15, -0.1) is 0 Å². The number of Topliss-reactive ketones (excluding diaryl/α,β-unsaturated/α-hetero) is 1. The van der Waals surface area contributed by atoms with Crippen LogP contribution in [0.1, 0.15) is 106 Å². The molecule has 0 aromatic heterocycles. The third-order valence-electron chi connectivity index (χ3n) is 13.8. The summed E-state index contributed by atoms with van der Waals surface area (Å²) in [5, 5.41) is 23.0. The third kappa shape index (κ3) is 2.37. The second-order valence-corrected chi connectivity index (χ2v) is 15.8. The van der Waals surface area contributed by atoms with Gasteiger partial charge in [-0.1, -0.05) is 48.5 Å². The molecule has 0 amide bonds. The number of aliphatic hydroxyl groups excluding tert-OH is 2. The van der Waals surface area contributed by atoms with Gasteiger partial charge >= 0.3 is 0 Å². The number of fused-ring (bicyclic) bond motifs is 3. The number of hydrogen-bond acceptors (Lipinski definition) is 4. The van der Waals surface area contributed by atoms with Crippen LogP contribution in [0.4, 0.5) is 0 Å². The van der Waals surface area contributed by atoms with E-state index in [4.69, 9.17) is 4.74 Å². The Morgan fingerprint density at radius 3 is 2.21 bits per heavy atom. The Balaban J connectivity index is 1.52. The maximum atomic E-state index is 14.6. The van der Waals surface area contributed by atoms with Gasteiger partial charge in [0, 0.05) is 22.7 Å². The molecular formula is C30H48O4. The number of ketones is 1. The van der Waals surface area contributed by atoms with E-state index in [-0.39, 0.29) is 56.2 Å². The normalized spacial score (nSPS) is 59.4. The fourth-order valence-electron chi connectivity index (χ4n) is 11.7. The number of carbonyl (C=O) groups is 1. The van der Waals surface area contributed by atoms with E-state index in [1.54, 1.807) is 0 Å². The van der Waals surface area contributed by atoms with Crippen LogP contribution in [0, 0.1) is 50.2 Å². The van der Waals surface area contributed by atoms with Crippen LogP contribution < -0.4 is 0 Å². The van der Waals surface area contributed by atoms with Crippen molar-refractivity contribution < 1.29 is 19.7 Å². The molecule has 6 rings (SSSR count). The summed E-state index contributed by atoms with van der Waals surface area (Å²) in [7, 11) is 0. The highest BCUT2D eigenvalue weighted by atomic mass is 16.5. The summed E-state index contributed by atoms with van der Waals surface area (Å²) in [4.78, 5) is 14.6. The highest BCUT2D eigenvalue weighted by Crippen LogP contribution is 2.80. The van der Waals surface area contributed by atoms with Gasteiger partial charge in [0.1, 0.15) is 11.7 Å². The van der Waals surface area contributed by atoms with Gasteiger partial charge in [-0.2, -0.15) is 0 Å². The van der Waals surface area contributed by atoms with Crippen molar-refractivity contribution in [3.8, 4) is 0 Å². The van der Waals surface area contributed by atoms with Crippen LogP contribution in [0.25, 0.3) is 0 Å². The van der Waals surface area contributed by atoms with Gasteiger partial charge < -0.3 is 14.9 Å². The fraction of sp³-hybridized carbons (Fsp3) is 0.967. The van der Waals surface area contributed by atoms with Gasteiger partial charge in [-0.3, -0.25) is 4.79 Å². The third-order valence-corrected chi connectivity index (χ3v) is 13.8. The quantitative estimate of drug-likeness (QED) is 0.486. The number of carbonyl (C=O) groups excluding carboxylic acids is 1. The van der Waals surface area contributed by atoms with E-state index in [2.05, 4.69) is 48.5 Å². The monoisotopic (exact) mass is 472 g/mol. The smallest absolute Gasteiger partial charge is 0.194 e. The zero-order valence-electron chi connectivity index (χ0n) is 22.7. The molecule has 10 unspecified atom stereocenters. The fourth-order valence-corrected chi connectivity index (χ4v) is 11.7. The van der Waals surface area contributed by atoms with Crippen molar-refractivity contribution >= 4 is 5.78 Å². The zero-order chi connectivity index (χ0) is 24.7. The predicted octanol–water partition coefficient (Wildman–Crippen LogP) is 5.53. The molecular weight excluding hydrogens is 424 g/mol. The number of hydrogen-bond donors (Lipinski definition) is 2. The molecule has 1 saturated heterocycles. The van der Waals surface area contributed by atoms with E-state index in [1.165, 1.54) is 6.42 Å². The van der Waals surface area contributed by atoms with E-state index in [9.17, 15) is 15.0 Å². The van der Waals surface area contributed by atoms with Crippen LogP contribution in [0.3, 0.4) is 0 Å². The van der Waals surface area contributed by atoms with Crippen LogP contribution >= 0.6 is 0 Å². The summed E-state index contributed by atoms with van der Waals surface area (Å²) in [6, 6.07) is 0. The van der Waals surface area contributed by atoms with E-state index >= 15 is 0 Å². The molecule has 10 atom stereocenters. The molecule has 6 aliphatic rings. The highest BCUT2D eigenvalue weighted by Gasteiger charge is 2.84. The van der Waals surface area contributed by atoms with Gasteiger partial charge in [0.25, 0.3) is 0 Å². The van der Waals surface area contributed by atoms with Crippen molar-refractivity contribution in [3.63, 3.8) is 0 Å². The maximum absolute atomic E-state index is 14.6. The summed E-state index contributed by atoms with van der Waals surface area (Å²) in [5.74, 6) is 0.410. The lowest BCUT2D eigenvalue weighted by molar-refractivity contribution is -0.265. The molecule has 5 saturated carbocycles. The van der Waals surface area contributed by atoms with Crippen LogP contribution in [-0.2, 0) is 9.53 Å². The maximum Gasteiger partial charge on any atom is 0.194 e. The molecule has 0 radical (unpaired) electrons. The minimum atomic E-state index is -0.957. The van der Waals surface area contributed by atoms with Crippen molar-refractivity contribution in [3.05, 3.63) is 0 Å². The van der Waals surface area contributed by atoms with E-state index in [0.29, 0.717) is 12.5 Å². The largest absolute Gasteiger partial charge is 0.393 e. The van der Waals surface area contributed by atoms with Gasteiger partial charge in [-0.05, 0) is 85.4 Å². The summed E-state index contributed by atoms with van der Waals surface area (Å²) in [6.45, 7) is 16.9. The molecule has 6 fully saturated rings. The molecule has 2 N–H and O–H groups in total. The Hall–Kier alpha value is -0.450. The Morgan fingerprint density at radius 1 is 0.824 bits per heavy atom. The lowest BCUT2D eigenvalue weighted by Gasteiger charge is -2.72. The first-order valence-corrected chi connectivity index (χ1v) is 14.2. The number of ether oxygens (including phenoxy) is 1. The Labute approximate surface area is 206 Å². The lowest BCUT2D eigenvalue weighted by Crippen LogP contribution is -2.77. The number of rotatable bonds is 0. The molecule has 1 spiro atoms. The van der Waals surface area contributed by atoms with Crippen LogP contribution in [0.2, 0.25) is 0 Å². The molecule has 4 nitrogen and oxygen atoms in total. The Bertz CT molecular complexity index is 925. The average molecular weight is 473 g/mol. The van der Waals surface area contributed by atoms with Gasteiger partial charge in [0.15, 0.2) is 5.78 Å². The van der Waals surface area contributed by atoms with Crippen molar-refractivity contribution in [2.45, 2.75) is 124 Å². The van der Waals surface area contributed by atoms with Crippen molar-refractivity contribution in [1.29, 1.82) is 0 Å². The number of aliphatic hydroxyl groups is 2. The van der Waals surface area contributed by atoms with E-state index in [0.717, 1.165) is 51.4 Å². The summed E-state index contributed by atoms with van der Waals surface area (Å²) in [5.41, 5.74) is -1.29. The highest BCUT2D eigenvalue weighted by molar-refractivity contribution is 5.95. The summed E-state index contributed by atoms with van der Waals surface area (Å²) in [6.07, 6.45) is 7.99. The molecule has 0 aromatic rings. The van der Waals surface area contributed by atoms with Crippen LogP contribution in [-0.4, -0.2) is 40.4 Å². The second-order valence-electron chi connectivity index (χ2n) is 15.8. The van der Waals surface area contributed by atoms with Crippen molar-refractivity contribution in [2.75, 3.05) is 6.61 Å². The first-order valence-electron chi connectivity index (χ1n) is 14.2. The van der Waals surface area contributed by atoms with Crippen molar-refractivity contribution in [2.24, 2.45) is 50.2 Å². The molecule has 4 heteroatoms. The molecule has 0 aromatic carbocycles. The molecule has 34 heavy (non-hydrogen) atoms. The lowest BCUT2D eigenvalue weighted by atomic mass is 9.30. The Kier molecular flexibility index (Phi) is 4.58. The zero-order valence-corrected chi connectivity index (χ0v) is 22.7. The molecule has 192 valence electrons. The first kappa shape index (κ1) is 23.9. The van der Waals surface area contributed by atoms with Gasteiger partial charge in [0.05, 0.1) is 12.7 Å².